The van der Waals surface area contributed by atoms with Crippen LogP contribution in [0.2, 0.25) is 0 Å². The molecule has 180 valence electrons. The van der Waals surface area contributed by atoms with Crippen molar-refractivity contribution < 1.29 is 14.3 Å². The summed E-state index contributed by atoms with van der Waals surface area (Å²) in [5, 5.41) is 2.72. The van der Waals surface area contributed by atoms with Gasteiger partial charge in [0.05, 0.1) is 0 Å². The number of carbonyl (C=O) groups excluding carboxylic acids is 2. The second-order valence-corrected chi connectivity index (χ2v) is 8.32. The minimum atomic E-state index is -0.825. The lowest BCUT2D eigenvalue weighted by Crippen LogP contribution is -2.39. The minimum absolute atomic E-state index is 0.143. The summed E-state index contributed by atoms with van der Waals surface area (Å²) in [5.41, 5.74) is 4.26. The number of rotatable bonds is 5. The highest BCUT2D eigenvalue weighted by molar-refractivity contribution is 5.97. The molecular weight excluding hydrogens is 458 g/mol. The first kappa shape index (κ1) is 25.0. The van der Waals surface area contributed by atoms with E-state index in [1.807, 2.05) is 97.1 Å². The SMILES string of the molecule is C[C@H](NC(=O)c1cc(C#Cc2ccccc2)cc(C#Cc2ccccc2)c1)C(=O)OCc1ccccc1. The van der Waals surface area contributed by atoms with Crippen molar-refractivity contribution in [3.05, 3.63) is 143 Å². The summed E-state index contributed by atoms with van der Waals surface area (Å²) in [6.45, 7) is 1.74. The zero-order valence-electron chi connectivity index (χ0n) is 20.4. The first-order valence-corrected chi connectivity index (χ1v) is 11.9. The quantitative estimate of drug-likeness (QED) is 0.308. The maximum absolute atomic E-state index is 13.1. The van der Waals surface area contributed by atoms with E-state index in [0.717, 1.165) is 16.7 Å². The van der Waals surface area contributed by atoms with E-state index in [2.05, 4.69) is 29.0 Å². The Morgan fingerprint density at radius 1 is 0.676 bits per heavy atom. The van der Waals surface area contributed by atoms with Crippen molar-refractivity contribution >= 4 is 11.9 Å². The molecule has 0 saturated heterocycles. The Kier molecular flexibility index (Phi) is 8.52. The van der Waals surface area contributed by atoms with E-state index in [1.165, 1.54) is 0 Å². The molecule has 0 saturated carbocycles. The van der Waals surface area contributed by atoms with Gasteiger partial charge in [0.15, 0.2) is 0 Å². The first-order chi connectivity index (χ1) is 18.1. The third kappa shape index (κ3) is 7.72. The summed E-state index contributed by atoms with van der Waals surface area (Å²) in [6.07, 6.45) is 0. The fourth-order valence-corrected chi connectivity index (χ4v) is 3.43. The van der Waals surface area contributed by atoms with Gasteiger partial charge in [-0.2, -0.15) is 0 Å². The molecule has 0 aliphatic carbocycles. The van der Waals surface area contributed by atoms with Gasteiger partial charge in [-0.05, 0) is 55.0 Å². The number of ether oxygens (including phenoxy) is 1. The van der Waals surface area contributed by atoms with Gasteiger partial charge in [-0.15, -0.1) is 0 Å². The van der Waals surface area contributed by atoms with Crippen molar-refractivity contribution in [1.82, 2.24) is 5.32 Å². The molecule has 1 amide bonds. The van der Waals surface area contributed by atoms with Crippen molar-refractivity contribution in [1.29, 1.82) is 0 Å². The van der Waals surface area contributed by atoms with Crippen molar-refractivity contribution in [2.75, 3.05) is 0 Å². The second kappa shape index (κ2) is 12.6. The number of amides is 1. The summed E-state index contributed by atoms with van der Waals surface area (Å²) in [7, 11) is 0. The van der Waals surface area contributed by atoms with Crippen LogP contribution in [0.15, 0.2) is 109 Å². The summed E-state index contributed by atoms with van der Waals surface area (Å²) < 4.78 is 5.35. The van der Waals surface area contributed by atoms with Gasteiger partial charge < -0.3 is 10.1 Å². The number of hydrogen-bond donors (Lipinski definition) is 1. The molecule has 4 rings (SSSR count). The molecule has 4 aromatic carbocycles. The van der Waals surface area contributed by atoms with Gasteiger partial charge in [0.1, 0.15) is 12.6 Å². The highest BCUT2D eigenvalue weighted by Gasteiger charge is 2.18. The second-order valence-electron chi connectivity index (χ2n) is 8.32. The topological polar surface area (TPSA) is 55.4 Å². The molecule has 0 bridgehead atoms. The van der Waals surface area contributed by atoms with Crippen LogP contribution in [-0.2, 0) is 16.1 Å². The number of carbonyl (C=O) groups is 2. The van der Waals surface area contributed by atoms with Crippen LogP contribution in [0.5, 0.6) is 0 Å². The Morgan fingerprint density at radius 3 is 1.65 bits per heavy atom. The van der Waals surface area contributed by atoms with Crippen molar-refractivity contribution in [3.8, 4) is 23.7 Å². The standard InChI is InChI=1S/C33H25NO3/c1-25(33(36)37-24-28-15-9-4-10-16-28)34-32(35)31-22-29(19-17-26-11-5-2-6-12-26)21-30(23-31)20-18-27-13-7-3-8-14-27/h2-16,21-23,25H,24H2,1H3,(H,34,35)/t25-/m0/s1. The highest BCUT2D eigenvalue weighted by Crippen LogP contribution is 2.11. The molecule has 0 heterocycles. The van der Waals surface area contributed by atoms with Crippen LogP contribution in [0.1, 0.15) is 45.1 Å². The average Bonchev–Trinajstić information content (AvgIpc) is 2.95. The fourth-order valence-electron chi connectivity index (χ4n) is 3.43. The molecule has 0 spiro atoms. The molecule has 1 N–H and O–H groups in total. The van der Waals surface area contributed by atoms with E-state index >= 15 is 0 Å². The molecule has 37 heavy (non-hydrogen) atoms. The normalized spacial score (nSPS) is 10.6. The number of esters is 1. The Morgan fingerprint density at radius 2 is 1.14 bits per heavy atom. The minimum Gasteiger partial charge on any atom is -0.459 e. The van der Waals surface area contributed by atoms with Crippen LogP contribution in [0, 0.1) is 23.7 Å². The van der Waals surface area contributed by atoms with Gasteiger partial charge in [0, 0.05) is 27.8 Å². The Balaban J connectivity index is 1.53. The van der Waals surface area contributed by atoms with Crippen molar-refractivity contribution in [3.63, 3.8) is 0 Å². The van der Waals surface area contributed by atoms with Crippen LogP contribution in [-0.4, -0.2) is 17.9 Å². The van der Waals surface area contributed by atoms with Gasteiger partial charge in [0.2, 0.25) is 0 Å². The van der Waals surface area contributed by atoms with E-state index < -0.39 is 17.9 Å². The van der Waals surface area contributed by atoms with E-state index in [4.69, 9.17) is 4.74 Å². The fraction of sp³-hybridized carbons (Fsp3) is 0.0909. The predicted octanol–water partition coefficient (Wildman–Crippen LogP) is 5.35. The molecule has 4 aromatic rings. The molecule has 4 heteroatoms. The molecule has 4 nitrogen and oxygen atoms in total. The van der Waals surface area contributed by atoms with Crippen LogP contribution >= 0.6 is 0 Å². The van der Waals surface area contributed by atoms with Gasteiger partial charge in [-0.1, -0.05) is 90.4 Å². The lowest BCUT2D eigenvalue weighted by atomic mass is 10.0. The predicted molar refractivity (Wildman–Crippen MR) is 144 cm³/mol. The average molecular weight is 484 g/mol. The molecule has 0 unspecified atom stereocenters. The lowest BCUT2D eigenvalue weighted by molar-refractivity contribution is -0.146. The molecule has 1 atom stereocenters. The summed E-state index contributed by atoms with van der Waals surface area (Å²) in [5.74, 6) is 11.6. The van der Waals surface area contributed by atoms with Crippen LogP contribution in [0.4, 0.5) is 0 Å². The largest absolute Gasteiger partial charge is 0.459 e. The molecule has 0 aliphatic rings. The molecule has 0 radical (unpaired) electrons. The maximum atomic E-state index is 13.1. The summed E-state index contributed by atoms with van der Waals surface area (Å²) >= 11 is 0. The third-order valence-corrected chi connectivity index (χ3v) is 5.37. The first-order valence-electron chi connectivity index (χ1n) is 11.9. The highest BCUT2D eigenvalue weighted by atomic mass is 16.5. The lowest BCUT2D eigenvalue weighted by Gasteiger charge is -2.14. The van der Waals surface area contributed by atoms with Crippen LogP contribution in [0.25, 0.3) is 0 Å². The number of nitrogens with one attached hydrogen (secondary N) is 1. The number of hydrogen-bond acceptors (Lipinski definition) is 3. The zero-order valence-corrected chi connectivity index (χ0v) is 20.4. The Bertz CT molecular complexity index is 1410. The Hall–Kier alpha value is -5.06. The molecule has 0 aliphatic heterocycles. The van der Waals surface area contributed by atoms with Gasteiger partial charge in [-0.25, -0.2) is 4.79 Å². The smallest absolute Gasteiger partial charge is 0.328 e. The van der Waals surface area contributed by atoms with E-state index in [1.54, 1.807) is 19.1 Å². The number of benzene rings is 4. The zero-order chi connectivity index (χ0) is 25.9. The van der Waals surface area contributed by atoms with Gasteiger partial charge in [0.25, 0.3) is 5.91 Å². The van der Waals surface area contributed by atoms with E-state index in [0.29, 0.717) is 16.7 Å². The molecule has 0 aromatic heterocycles. The maximum Gasteiger partial charge on any atom is 0.328 e. The molecule has 0 fully saturated rings. The van der Waals surface area contributed by atoms with Crippen molar-refractivity contribution in [2.24, 2.45) is 0 Å². The van der Waals surface area contributed by atoms with Gasteiger partial charge in [-0.3, -0.25) is 4.79 Å². The van der Waals surface area contributed by atoms with Crippen molar-refractivity contribution in [2.45, 2.75) is 19.6 Å². The van der Waals surface area contributed by atoms with E-state index in [9.17, 15) is 9.59 Å². The Labute approximate surface area is 217 Å². The monoisotopic (exact) mass is 483 g/mol. The van der Waals surface area contributed by atoms with Crippen LogP contribution < -0.4 is 5.32 Å². The third-order valence-electron chi connectivity index (χ3n) is 5.37. The summed E-state index contributed by atoms with van der Waals surface area (Å²) in [6, 6.07) is 33.0. The summed E-state index contributed by atoms with van der Waals surface area (Å²) in [4.78, 5) is 25.5. The van der Waals surface area contributed by atoms with Gasteiger partial charge >= 0.3 is 5.97 Å². The van der Waals surface area contributed by atoms with E-state index in [-0.39, 0.29) is 6.61 Å². The molecular formula is C33H25NO3. The van der Waals surface area contributed by atoms with Crippen LogP contribution in [0.3, 0.4) is 0 Å².